The van der Waals surface area contributed by atoms with Gasteiger partial charge in [0.25, 0.3) is 5.91 Å². The fraction of sp³-hybridized carbons (Fsp3) is 0.381. The predicted molar refractivity (Wildman–Crippen MR) is 106 cm³/mol. The monoisotopic (exact) mass is 389 g/mol. The second kappa shape index (κ2) is 9.11. The van der Waals surface area contributed by atoms with Crippen LogP contribution in [0.2, 0.25) is 5.02 Å². The third-order valence-electron chi connectivity index (χ3n) is 4.38. The van der Waals surface area contributed by atoms with Crippen LogP contribution in [0.3, 0.4) is 0 Å². The first-order chi connectivity index (χ1) is 13.0. The fourth-order valence-corrected chi connectivity index (χ4v) is 3.04. The number of carbonyl (C=O) groups is 1. The lowest BCUT2D eigenvalue weighted by atomic mass is 10.1. The maximum absolute atomic E-state index is 12.1. The van der Waals surface area contributed by atoms with Gasteiger partial charge in [0.05, 0.1) is 6.10 Å². The maximum atomic E-state index is 12.1. The highest BCUT2D eigenvalue weighted by Gasteiger charge is 2.16. The molecular formula is C21H24ClNO4. The van der Waals surface area contributed by atoms with Crippen molar-refractivity contribution in [2.24, 2.45) is 0 Å². The Hall–Kier alpha value is -2.24. The van der Waals surface area contributed by atoms with Crippen LogP contribution in [-0.2, 0) is 9.53 Å². The van der Waals surface area contributed by atoms with Gasteiger partial charge in [-0.25, -0.2) is 0 Å². The largest absolute Gasteiger partial charge is 0.491 e. The third-order valence-corrected chi connectivity index (χ3v) is 4.97. The number of nitrogens with one attached hydrogen (secondary N) is 1. The molecule has 0 aromatic heterocycles. The summed E-state index contributed by atoms with van der Waals surface area (Å²) >= 11 is 6.14. The Balaban J connectivity index is 1.46. The van der Waals surface area contributed by atoms with Crippen LogP contribution in [0.25, 0.3) is 0 Å². The first-order valence-corrected chi connectivity index (χ1v) is 9.43. The van der Waals surface area contributed by atoms with Gasteiger partial charge in [-0.1, -0.05) is 11.6 Å². The summed E-state index contributed by atoms with van der Waals surface area (Å²) < 4.78 is 16.8. The smallest absolute Gasteiger partial charge is 0.262 e. The molecule has 144 valence electrons. The molecule has 1 heterocycles. The molecule has 2 aromatic carbocycles. The van der Waals surface area contributed by atoms with Crippen molar-refractivity contribution in [3.05, 3.63) is 52.5 Å². The molecule has 5 nitrogen and oxygen atoms in total. The van der Waals surface area contributed by atoms with E-state index in [0.29, 0.717) is 23.1 Å². The first-order valence-electron chi connectivity index (χ1n) is 9.05. The van der Waals surface area contributed by atoms with Crippen molar-refractivity contribution in [2.75, 3.05) is 25.1 Å². The normalized spacial score (nSPS) is 16.2. The van der Waals surface area contributed by atoms with Crippen LogP contribution in [0.15, 0.2) is 36.4 Å². The topological polar surface area (TPSA) is 56.8 Å². The number of hydrogen-bond donors (Lipinski definition) is 1. The summed E-state index contributed by atoms with van der Waals surface area (Å²) in [5.41, 5.74) is 2.54. The Morgan fingerprint density at radius 2 is 1.85 bits per heavy atom. The van der Waals surface area contributed by atoms with Crippen molar-refractivity contribution in [1.29, 1.82) is 0 Å². The number of hydrogen-bond acceptors (Lipinski definition) is 4. The predicted octanol–water partition coefficient (Wildman–Crippen LogP) is 4.53. The van der Waals surface area contributed by atoms with Crippen LogP contribution in [0.4, 0.5) is 5.69 Å². The second-order valence-electron chi connectivity index (χ2n) is 6.68. The van der Waals surface area contributed by atoms with Gasteiger partial charge in [0, 0.05) is 17.3 Å². The van der Waals surface area contributed by atoms with Crippen molar-refractivity contribution in [1.82, 2.24) is 0 Å². The molecule has 27 heavy (non-hydrogen) atoms. The van der Waals surface area contributed by atoms with E-state index >= 15 is 0 Å². The summed E-state index contributed by atoms with van der Waals surface area (Å²) in [6.45, 7) is 5.11. The minimum absolute atomic E-state index is 0.0716. The molecule has 0 spiro atoms. The molecule has 1 saturated heterocycles. The molecule has 1 N–H and O–H groups in total. The van der Waals surface area contributed by atoms with Crippen molar-refractivity contribution < 1.29 is 19.0 Å². The molecule has 6 heteroatoms. The van der Waals surface area contributed by atoms with Gasteiger partial charge in [-0.3, -0.25) is 4.79 Å². The van der Waals surface area contributed by atoms with Gasteiger partial charge in [-0.05, 0) is 74.2 Å². The van der Waals surface area contributed by atoms with Crippen molar-refractivity contribution in [3.63, 3.8) is 0 Å². The highest BCUT2D eigenvalue weighted by molar-refractivity contribution is 6.32. The lowest BCUT2D eigenvalue weighted by Crippen LogP contribution is -2.20. The van der Waals surface area contributed by atoms with Crippen LogP contribution in [-0.4, -0.2) is 31.8 Å². The molecule has 0 bridgehead atoms. The van der Waals surface area contributed by atoms with E-state index in [9.17, 15) is 4.79 Å². The van der Waals surface area contributed by atoms with E-state index in [2.05, 4.69) is 5.32 Å². The first kappa shape index (κ1) is 19.5. The van der Waals surface area contributed by atoms with Gasteiger partial charge in [0.15, 0.2) is 6.61 Å². The standard InChI is InChI=1S/C21H24ClNO4/c1-14-10-19(11-15(2)21(14)22)27-13-20(24)23-16-5-7-17(8-6-16)26-12-18-4-3-9-25-18/h5-8,10-11,18H,3-4,9,12-13H2,1-2H3,(H,23,24). The zero-order valence-electron chi connectivity index (χ0n) is 15.6. The van der Waals surface area contributed by atoms with Gasteiger partial charge in [-0.15, -0.1) is 0 Å². The average Bonchev–Trinajstić information content (AvgIpc) is 3.17. The number of anilines is 1. The third kappa shape index (κ3) is 5.62. The Morgan fingerprint density at radius 1 is 1.15 bits per heavy atom. The second-order valence-corrected chi connectivity index (χ2v) is 7.06. The summed E-state index contributed by atoms with van der Waals surface area (Å²) in [6.07, 6.45) is 2.32. The van der Waals surface area contributed by atoms with E-state index in [1.165, 1.54) is 0 Å². The van der Waals surface area contributed by atoms with E-state index in [0.717, 1.165) is 36.3 Å². The van der Waals surface area contributed by atoms with Gasteiger partial charge in [0.2, 0.25) is 0 Å². The summed E-state index contributed by atoms with van der Waals surface area (Å²) in [5.74, 6) is 1.16. The van der Waals surface area contributed by atoms with Crippen molar-refractivity contribution >= 4 is 23.2 Å². The highest BCUT2D eigenvalue weighted by Crippen LogP contribution is 2.26. The number of benzene rings is 2. The Bertz CT molecular complexity index is 762. The van der Waals surface area contributed by atoms with Crippen LogP contribution in [0, 0.1) is 13.8 Å². The van der Waals surface area contributed by atoms with Gasteiger partial charge in [-0.2, -0.15) is 0 Å². The summed E-state index contributed by atoms with van der Waals surface area (Å²) in [5, 5.41) is 3.52. The number of carbonyl (C=O) groups excluding carboxylic acids is 1. The molecule has 1 aliphatic rings. The number of ether oxygens (including phenoxy) is 3. The Morgan fingerprint density at radius 3 is 2.48 bits per heavy atom. The molecular weight excluding hydrogens is 366 g/mol. The minimum Gasteiger partial charge on any atom is -0.491 e. The quantitative estimate of drug-likeness (QED) is 0.755. The van der Waals surface area contributed by atoms with Crippen LogP contribution in [0.5, 0.6) is 11.5 Å². The maximum Gasteiger partial charge on any atom is 0.262 e. The molecule has 0 radical (unpaired) electrons. The highest BCUT2D eigenvalue weighted by atomic mass is 35.5. The molecule has 0 aliphatic carbocycles. The zero-order chi connectivity index (χ0) is 19.2. The van der Waals surface area contributed by atoms with E-state index in [4.69, 9.17) is 25.8 Å². The number of rotatable bonds is 7. The SMILES string of the molecule is Cc1cc(OCC(=O)Nc2ccc(OCC3CCCO3)cc2)cc(C)c1Cl. The fourth-order valence-electron chi connectivity index (χ4n) is 2.93. The van der Waals surface area contributed by atoms with Gasteiger partial charge < -0.3 is 19.5 Å². The van der Waals surface area contributed by atoms with Gasteiger partial charge in [0.1, 0.15) is 18.1 Å². The molecule has 1 atom stereocenters. The molecule has 1 aliphatic heterocycles. The van der Waals surface area contributed by atoms with Crippen LogP contribution in [0.1, 0.15) is 24.0 Å². The number of amides is 1. The zero-order valence-corrected chi connectivity index (χ0v) is 16.3. The Kier molecular flexibility index (Phi) is 6.58. The van der Waals surface area contributed by atoms with Crippen LogP contribution >= 0.6 is 11.6 Å². The summed E-state index contributed by atoms with van der Waals surface area (Å²) in [7, 11) is 0. The minimum atomic E-state index is -0.228. The van der Waals surface area contributed by atoms with Gasteiger partial charge >= 0.3 is 0 Å². The molecule has 1 unspecified atom stereocenters. The van der Waals surface area contributed by atoms with E-state index in [1.54, 1.807) is 12.1 Å². The molecule has 0 saturated carbocycles. The van der Waals surface area contributed by atoms with Crippen LogP contribution < -0.4 is 14.8 Å². The number of halogens is 1. The lowest BCUT2D eigenvalue weighted by molar-refractivity contribution is -0.118. The van der Waals surface area contributed by atoms with E-state index < -0.39 is 0 Å². The van der Waals surface area contributed by atoms with Crippen molar-refractivity contribution in [3.8, 4) is 11.5 Å². The molecule has 3 rings (SSSR count). The average molecular weight is 390 g/mol. The summed E-state index contributed by atoms with van der Waals surface area (Å²) in [6, 6.07) is 10.9. The Labute approximate surface area is 164 Å². The molecule has 1 fully saturated rings. The van der Waals surface area contributed by atoms with E-state index in [1.807, 2.05) is 38.1 Å². The molecule has 2 aromatic rings. The van der Waals surface area contributed by atoms with E-state index in [-0.39, 0.29) is 18.6 Å². The summed E-state index contributed by atoms with van der Waals surface area (Å²) in [4.78, 5) is 12.1. The number of aryl methyl sites for hydroxylation is 2. The van der Waals surface area contributed by atoms with Crippen molar-refractivity contribution in [2.45, 2.75) is 32.8 Å². The molecule has 1 amide bonds. The lowest BCUT2D eigenvalue weighted by Gasteiger charge is -2.12.